The average Bonchev–Trinajstić information content (AvgIpc) is 3.11. The second-order valence-corrected chi connectivity index (χ2v) is 6.11. The Kier molecular flexibility index (Phi) is 4.52. The van der Waals surface area contributed by atoms with Crippen molar-refractivity contribution in [2.45, 2.75) is 45.9 Å². The van der Waals surface area contributed by atoms with Gasteiger partial charge in [0, 0.05) is 18.0 Å². The molecule has 0 aliphatic carbocycles. The number of amides is 1. The quantitative estimate of drug-likeness (QED) is 0.910. The maximum atomic E-state index is 12.2. The predicted octanol–water partition coefficient (Wildman–Crippen LogP) is 2.27. The first-order chi connectivity index (χ1) is 11.0. The Balaban J connectivity index is 1.57. The van der Waals surface area contributed by atoms with E-state index in [1.807, 2.05) is 6.92 Å². The van der Waals surface area contributed by atoms with Gasteiger partial charge in [0.25, 0.3) is 5.91 Å². The fraction of sp³-hybridized carbons (Fsp3) is 0.438. The molecule has 0 bridgehead atoms. The summed E-state index contributed by atoms with van der Waals surface area (Å²) in [5.74, 6) is 2.26. The number of carbonyl (C=O) groups excluding carboxylic acids is 1. The van der Waals surface area contributed by atoms with Crippen molar-refractivity contribution in [1.29, 1.82) is 0 Å². The van der Waals surface area contributed by atoms with Crippen LogP contribution in [0.25, 0.3) is 0 Å². The lowest BCUT2D eigenvalue weighted by atomic mass is 10.2. The van der Waals surface area contributed by atoms with E-state index < -0.39 is 6.10 Å². The molecule has 1 aliphatic heterocycles. The molecule has 7 heteroatoms. The first kappa shape index (κ1) is 15.8. The van der Waals surface area contributed by atoms with Gasteiger partial charge in [0.1, 0.15) is 11.6 Å². The topological polar surface area (TPSA) is 69.0 Å². The molecule has 0 saturated heterocycles. The van der Waals surface area contributed by atoms with E-state index in [0.29, 0.717) is 17.3 Å². The van der Waals surface area contributed by atoms with E-state index in [2.05, 4.69) is 20.1 Å². The Hall–Kier alpha value is -2.08. The molecule has 3 rings (SSSR count). The minimum absolute atomic E-state index is 0.185. The molecule has 0 saturated carbocycles. The average molecular weight is 335 g/mol. The van der Waals surface area contributed by atoms with E-state index in [1.165, 1.54) is 0 Å². The van der Waals surface area contributed by atoms with Gasteiger partial charge < -0.3 is 14.6 Å². The van der Waals surface area contributed by atoms with Gasteiger partial charge in [0.05, 0.1) is 6.54 Å². The number of aryl methyl sites for hydroxylation is 2. The molecule has 1 aromatic heterocycles. The summed E-state index contributed by atoms with van der Waals surface area (Å²) >= 11 is 5.92. The van der Waals surface area contributed by atoms with Crippen LogP contribution in [0, 0.1) is 6.92 Å². The van der Waals surface area contributed by atoms with E-state index in [9.17, 15) is 4.79 Å². The lowest BCUT2D eigenvalue weighted by Gasteiger charge is -2.16. The Bertz CT molecular complexity index is 729. The van der Waals surface area contributed by atoms with E-state index in [1.54, 1.807) is 25.1 Å². The van der Waals surface area contributed by atoms with Crippen LogP contribution in [0.1, 0.15) is 30.6 Å². The maximum absolute atomic E-state index is 12.2. The van der Waals surface area contributed by atoms with Crippen LogP contribution in [0.2, 0.25) is 5.02 Å². The molecule has 0 spiro atoms. The number of aromatic nitrogens is 3. The highest BCUT2D eigenvalue weighted by Crippen LogP contribution is 2.22. The highest BCUT2D eigenvalue weighted by Gasteiger charge is 2.20. The van der Waals surface area contributed by atoms with Gasteiger partial charge in [0.2, 0.25) is 0 Å². The first-order valence-electron chi connectivity index (χ1n) is 7.66. The fourth-order valence-electron chi connectivity index (χ4n) is 2.64. The molecule has 2 heterocycles. The number of nitrogens with zero attached hydrogens (tertiary/aromatic N) is 3. The van der Waals surface area contributed by atoms with Gasteiger partial charge >= 0.3 is 0 Å². The Morgan fingerprint density at radius 2 is 2.30 bits per heavy atom. The summed E-state index contributed by atoms with van der Waals surface area (Å²) < 4.78 is 7.78. The van der Waals surface area contributed by atoms with Crippen LogP contribution in [0.4, 0.5) is 0 Å². The van der Waals surface area contributed by atoms with Crippen molar-refractivity contribution in [3.8, 4) is 5.75 Å². The van der Waals surface area contributed by atoms with Crippen molar-refractivity contribution < 1.29 is 9.53 Å². The number of halogens is 1. The molecular weight excluding hydrogens is 316 g/mol. The zero-order valence-electron chi connectivity index (χ0n) is 13.2. The fourth-order valence-corrected chi connectivity index (χ4v) is 2.87. The second kappa shape index (κ2) is 6.58. The van der Waals surface area contributed by atoms with Gasteiger partial charge in [-0.3, -0.25) is 4.79 Å². The van der Waals surface area contributed by atoms with Crippen molar-refractivity contribution in [3.05, 3.63) is 40.4 Å². The van der Waals surface area contributed by atoms with Gasteiger partial charge in [-0.05, 0) is 44.0 Å². The summed E-state index contributed by atoms with van der Waals surface area (Å²) in [5, 5.41) is 11.7. The summed E-state index contributed by atoms with van der Waals surface area (Å²) in [4.78, 5) is 12.2. The number of carbonyl (C=O) groups is 1. The molecule has 1 atom stereocenters. The molecule has 23 heavy (non-hydrogen) atoms. The molecule has 1 amide bonds. The van der Waals surface area contributed by atoms with Crippen molar-refractivity contribution in [2.24, 2.45) is 0 Å². The molecule has 6 nitrogen and oxygen atoms in total. The zero-order chi connectivity index (χ0) is 16.4. The van der Waals surface area contributed by atoms with Gasteiger partial charge in [-0.1, -0.05) is 11.6 Å². The zero-order valence-corrected chi connectivity index (χ0v) is 13.9. The van der Waals surface area contributed by atoms with E-state index in [0.717, 1.165) is 36.6 Å². The van der Waals surface area contributed by atoms with Crippen LogP contribution in [0.5, 0.6) is 5.75 Å². The summed E-state index contributed by atoms with van der Waals surface area (Å²) in [6, 6.07) is 5.32. The van der Waals surface area contributed by atoms with Crippen LogP contribution in [0.3, 0.4) is 0 Å². The van der Waals surface area contributed by atoms with Gasteiger partial charge in [0.15, 0.2) is 11.9 Å². The number of ether oxygens (including phenoxy) is 1. The molecule has 2 aromatic rings. The second-order valence-electron chi connectivity index (χ2n) is 5.68. The predicted molar refractivity (Wildman–Crippen MR) is 86.5 cm³/mol. The van der Waals surface area contributed by atoms with Gasteiger partial charge in [-0.15, -0.1) is 10.2 Å². The van der Waals surface area contributed by atoms with Crippen molar-refractivity contribution >= 4 is 17.5 Å². The molecule has 1 unspecified atom stereocenters. The van der Waals surface area contributed by atoms with E-state index >= 15 is 0 Å². The SMILES string of the molecule is Cc1cc(Cl)ccc1OC(C)C(=O)NCc1nnc2n1CCC2. The minimum atomic E-state index is -0.601. The summed E-state index contributed by atoms with van der Waals surface area (Å²) in [6.07, 6.45) is 1.44. The number of fused-ring (bicyclic) bond motifs is 1. The van der Waals surface area contributed by atoms with Crippen LogP contribution >= 0.6 is 11.6 Å². The summed E-state index contributed by atoms with van der Waals surface area (Å²) in [6.45, 7) is 4.89. The largest absolute Gasteiger partial charge is 0.481 e. The van der Waals surface area contributed by atoms with Crippen LogP contribution in [-0.4, -0.2) is 26.8 Å². The highest BCUT2D eigenvalue weighted by molar-refractivity contribution is 6.30. The first-order valence-corrected chi connectivity index (χ1v) is 8.04. The molecule has 0 radical (unpaired) electrons. The van der Waals surface area contributed by atoms with Gasteiger partial charge in [-0.25, -0.2) is 0 Å². The number of rotatable bonds is 5. The minimum Gasteiger partial charge on any atom is -0.481 e. The van der Waals surface area contributed by atoms with Crippen LogP contribution in [0.15, 0.2) is 18.2 Å². The Morgan fingerprint density at radius 1 is 1.48 bits per heavy atom. The van der Waals surface area contributed by atoms with Gasteiger partial charge in [-0.2, -0.15) is 0 Å². The number of hydrogen-bond acceptors (Lipinski definition) is 4. The van der Waals surface area contributed by atoms with Crippen molar-refractivity contribution in [2.75, 3.05) is 0 Å². The molecular formula is C16H19ClN4O2. The third-order valence-corrected chi connectivity index (χ3v) is 4.15. The highest BCUT2D eigenvalue weighted by atomic mass is 35.5. The normalized spacial score (nSPS) is 14.4. The Morgan fingerprint density at radius 3 is 3.09 bits per heavy atom. The van der Waals surface area contributed by atoms with Crippen LogP contribution in [-0.2, 0) is 24.3 Å². The van der Waals surface area contributed by atoms with Crippen molar-refractivity contribution in [1.82, 2.24) is 20.1 Å². The molecule has 1 aromatic carbocycles. The maximum Gasteiger partial charge on any atom is 0.261 e. The lowest BCUT2D eigenvalue weighted by molar-refractivity contribution is -0.127. The Labute approximate surface area is 139 Å². The lowest BCUT2D eigenvalue weighted by Crippen LogP contribution is -2.36. The van der Waals surface area contributed by atoms with Crippen molar-refractivity contribution in [3.63, 3.8) is 0 Å². The molecule has 122 valence electrons. The summed E-state index contributed by atoms with van der Waals surface area (Å²) in [5.41, 5.74) is 0.896. The van der Waals surface area contributed by atoms with E-state index in [-0.39, 0.29) is 5.91 Å². The molecule has 0 fully saturated rings. The summed E-state index contributed by atoms with van der Waals surface area (Å²) in [7, 11) is 0. The molecule has 1 N–H and O–H groups in total. The smallest absolute Gasteiger partial charge is 0.261 e. The standard InChI is InChI=1S/C16H19ClN4O2/c1-10-8-12(17)5-6-13(10)23-11(2)16(22)18-9-15-20-19-14-4-3-7-21(14)15/h5-6,8,11H,3-4,7,9H2,1-2H3,(H,18,22). The number of benzene rings is 1. The van der Waals surface area contributed by atoms with Crippen LogP contribution < -0.4 is 10.1 Å². The molecule has 1 aliphatic rings. The third kappa shape index (κ3) is 3.47. The number of hydrogen-bond donors (Lipinski definition) is 1. The number of nitrogens with one attached hydrogen (secondary N) is 1. The van der Waals surface area contributed by atoms with E-state index in [4.69, 9.17) is 16.3 Å². The third-order valence-electron chi connectivity index (χ3n) is 3.92. The monoisotopic (exact) mass is 334 g/mol.